The highest BCUT2D eigenvalue weighted by atomic mass is 35.5. The van der Waals surface area contributed by atoms with Crippen molar-refractivity contribution in [2.24, 2.45) is 0 Å². The van der Waals surface area contributed by atoms with Crippen LogP contribution in [0.15, 0.2) is 12.1 Å². The first-order chi connectivity index (χ1) is 4.61. The van der Waals surface area contributed by atoms with Crippen molar-refractivity contribution in [3.8, 4) is 0 Å². The second-order valence-corrected chi connectivity index (χ2v) is 2.41. The van der Waals surface area contributed by atoms with E-state index in [1.807, 2.05) is 13.0 Å². The van der Waals surface area contributed by atoms with Gasteiger partial charge in [0.25, 0.3) is 0 Å². The van der Waals surface area contributed by atoms with Crippen LogP contribution in [0.4, 0.5) is 5.82 Å². The van der Waals surface area contributed by atoms with Gasteiger partial charge in [-0.25, -0.2) is 0 Å². The average molecular weight is 175 g/mol. The van der Waals surface area contributed by atoms with Crippen molar-refractivity contribution in [1.82, 2.24) is 0 Å². The number of halogens is 1. The Bertz CT molecular complexity index is 240. The summed E-state index contributed by atoms with van der Waals surface area (Å²) in [6.45, 7) is 3.73. The zero-order chi connectivity index (χ0) is 7.72. The molecule has 0 amide bonds. The highest BCUT2D eigenvalue weighted by molar-refractivity contribution is 5.27. The molecule has 0 aliphatic carbocycles. The zero-order valence-electron chi connectivity index (χ0n) is 6.50. The smallest absolute Gasteiger partial charge is 0.312 e. The largest absolute Gasteiger partial charge is 1.00 e. The van der Waals surface area contributed by atoms with Crippen LogP contribution >= 0.6 is 0 Å². The molecule has 1 aromatic rings. The molecular formula is C7H11ClN2O. The van der Waals surface area contributed by atoms with Crippen molar-refractivity contribution in [3.05, 3.63) is 23.4 Å². The molecule has 62 valence electrons. The fourth-order valence-corrected chi connectivity index (χ4v) is 0.930. The third kappa shape index (κ3) is 1.98. The molecule has 0 saturated carbocycles. The van der Waals surface area contributed by atoms with Crippen LogP contribution in [-0.4, -0.2) is 5.21 Å². The maximum Gasteiger partial charge on any atom is 0.312 e. The minimum atomic E-state index is 0. The van der Waals surface area contributed by atoms with Gasteiger partial charge in [-0.3, -0.25) is 5.73 Å². The van der Waals surface area contributed by atoms with Crippen LogP contribution in [0, 0.1) is 13.8 Å². The minimum absolute atomic E-state index is 0. The Morgan fingerprint density at radius 2 is 1.91 bits per heavy atom. The summed E-state index contributed by atoms with van der Waals surface area (Å²) >= 11 is 0. The predicted molar refractivity (Wildman–Crippen MR) is 37.7 cm³/mol. The molecule has 1 rings (SSSR count). The fourth-order valence-electron chi connectivity index (χ4n) is 0.930. The van der Waals surface area contributed by atoms with Crippen LogP contribution in [0.5, 0.6) is 0 Å². The summed E-state index contributed by atoms with van der Waals surface area (Å²) in [6.07, 6.45) is 0. The number of aromatic nitrogens is 1. The average Bonchev–Trinajstić information content (AvgIpc) is 1.82. The number of nitrogen functional groups attached to an aromatic ring is 1. The van der Waals surface area contributed by atoms with Gasteiger partial charge in [-0.2, -0.15) is 0 Å². The molecule has 3 N–H and O–H groups in total. The van der Waals surface area contributed by atoms with E-state index < -0.39 is 0 Å². The van der Waals surface area contributed by atoms with Crippen LogP contribution in [0.1, 0.15) is 11.3 Å². The molecule has 0 spiro atoms. The van der Waals surface area contributed by atoms with Gasteiger partial charge in [-0.15, -0.1) is 0 Å². The Kier molecular flexibility index (Phi) is 3.14. The summed E-state index contributed by atoms with van der Waals surface area (Å²) < 4.78 is 0.965. The SMILES string of the molecule is Cc1cc(C)[n+](O)c(N)c1.[Cl-]. The number of nitrogens with two attached hydrogens (primary N) is 1. The molecule has 1 aromatic heterocycles. The molecule has 0 atom stereocenters. The van der Waals surface area contributed by atoms with Crippen molar-refractivity contribution in [2.45, 2.75) is 13.8 Å². The van der Waals surface area contributed by atoms with Crippen LogP contribution in [0.3, 0.4) is 0 Å². The molecule has 0 aliphatic heterocycles. The van der Waals surface area contributed by atoms with Crippen LogP contribution < -0.4 is 22.9 Å². The second-order valence-electron chi connectivity index (χ2n) is 2.41. The Labute approximate surface area is 71.8 Å². The van der Waals surface area contributed by atoms with Gasteiger partial charge in [0.05, 0.1) is 0 Å². The van der Waals surface area contributed by atoms with Gasteiger partial charge < -0.3 is 17.6 Å². The zero-order valence-corrected chi connectivity index (χ0v) is 7.26. The van der Waals surface area contributed by atoms with E-state index in [0.29, 0.717) is 5.82 Å². The van der Waals surface area contributed by atoms with Gasteiger partial charge in [0.1, 0.15) is 5.69 Å². The number of anilines is 1. The molecular weight excluding hydrogens is 164 g/mol. The van der Waals surface area contributed by atoms with E-state index in [-0.39, 0.29) is 12.4 Å². The lowest BCUT2D eigenvalue weighted by Crippen LogP contribution is -3.00. The summed E-state index contributed by atoms with van der Waals surface area (Å²) in [6, 6.07) is 3.57. The second kappa shape index (κ2) is 3.44. The summed E-state index contributed by atoms with van der Waals surface area (Å²) in [7, 11) is 0. The summed E-state index contributed by atoms with van der Waals surface area (Å²) in [4.78, 5) is 0. The van der Waals surface area contributed by atoms with E-state index in [2.05, 4.69) is 0 Å². The predicted octanol–water partition coefficient (Wildman–Crippen LogP) is -2.59. The van der Waals surface area contributed by atoms with E-state index in [1.165, 1.54) is 0 Å². The molecule has 0 radical (unpaired) electrons. The van der Waals surface area contributed by atoms with Gasteiger partial charge >= 0.3 is 5.82 Å². The standard InChI is InChI=1S/C7H10N2O.ClH/c1-5-3-6(2)9(10)7(8)4-5;/h3-4,8,10H,1-2H3;1H. The van der Waals surface area contributed by atoms with Gasteiger partial charge in [-0.05, 0) is 23.3 Å². The molecule has 1 heterocycles. The van der Waals surface area contributed by atoms with Gasteiger partial charge in [0.2, 0.25) is 0 Å². The molecule has 0 bridgehead atoms. The minimum Gasteiger partial charge on any atom is -1.00 e. The Balaban J connectivity index is 0.000001000. The van der Waals surface area contributed by atoms with Gasteiger partial charge in [-0.1, -0.05) is 0 Å². The monoisotopic (exact) mass is 174 g/mol. The molecule has 0 unspecified atom stereocenters. The van der Waals surface area contributed by atoms with E-state index in [0.717, 1.165) is 16.0 Å². The molecule has 4 heteroatoms. The Hall–Kier alpha value is -0.960. The molecule has 11 heavy (non-hydrogen) atoms. The normalized spacial score (nSPS) is 8.91. The Morgan fingerprint density at radius 3 is 2.36 bits per heavy atom. The first kappa shape index (κ1) is 10.0. The Morgan fingerprint density at radius 1 is 1.36 bits per heavy atom. The van der Waals surface area contributed by atoms with Crippen molar-refractivity contribution >= 4 is 5.82 Å². The summed E-state index contributed by atoms with van der Waals surface area (Å²) in [5.41, 5.74) is 7.24. The first-order valence-corrected chi connectivity index (χ1v) is 3.09. The van der Waals surface area contributed by atoms with Crippen molar-refractivity contribution in [2.75, 3.05) is 5.73 Å². The fraction of sp³-hybridized carbons (Fsp3) is 0.286. The maximum absolute atomic E-state index is 9.12. The number of pyridine rings is 1. The van der Waals surface area contributed by atoms with Crippen LogP contribution in [-0.2, 0) is 0 Å². The van der Waals surface area contributed by atoms with E-state index in [1.54, 1.807) is 13.0 Å². The quantitative estimate of drug-likeness (QED) is 0.335. The summed E-state index contributed by atoms with van der Waals surface area (Å²) in [5.74, 6) is 0.373. The highest BCUT2D eigenvalue weighted by Crippen LogP contribution is 2.01. The van der Waals surface area contributed by atoms with E-state index in [9.17, 15) is 0 Å². The maximum atomic E-state index is 9.12. The lowest BCUT2D eigenvalue weighted by molar-refractivity contribution is -0.897. The van der Waals surface area contributed by atoms with Crippen molar-refractivity contribution in [1.29, 1.82) is 0 Å². The molecule has 0 aliphatic rings. The summed E-state index contributed by atoms with van der Waals surface area (Å²) in [5, 5.41) is 9.12. The van der Waals surface area contributed by atoms with Crippen molar-refractivity contribution < 1.29 is 22.3 Å². The number of nitrogens with zero attached hydrogens (tertiary/aromatic N) is 1. The molecule has 3 nitrogen and oxygen atoms in total. The van der Waals surface area contributed by atoms with E-state index >= 15 is 0 Å². The van der Waals surface area contributed by atoms with E-state index in [4.69, 9.17) is 10.9 Å². The highest BCUT2D eigenvalue weighted by Gasteiger charge is 2.05. The molecule has 0 saturated heterocycles. The topological polar surface area (TPSA) is 50.1 Å². The lowest BCUT2D eigenvalue weighted by Gasteiger charge is -1.97. The number of rotatable bonds is 0. The number of hydrogen-bond donors (Lipinski definition) is 2. The lowest BCUT2D eigenvalue weighted by atomic mass is 10.2. The first-order valence-electron chi connectivity index (χ1n) is 3.09. The van der Waals surface area contributed by atoms with Gasteiger partial charge in [0.15, 0.2) is 0 Å². The number of aryl methyl sites for hydroxylation is 2. The number of hydrogen-bond acceptors (Lipinski definition) is 2. The molecule has 0 fully saturated rings. The van der Waals surface area contributed by atoms with Crippen molar-refractivity contribution in [3.63, 3.8) is 0 Å². The van der Waals surface area contributed by atoms with Crippen LogP contribution in [0.25, 0.3) is 0 Å². The third-order valence-electron chi connectivity index (χ3n) is 1.39. The molecule has 0 aromatic carbocycles. The van der Waals surface area contributed by atoms with Gasteiger partial charge in [0, 0.05) is 13.0 Å². The van der Waals surface area contributed by atoms with Crippen LogP contribution in [0.2, 0.25) is 0 Å². The third-order valence-corrected chi connectivity index (χ3v) is 1.39.